The number of benzene rings is 1. The van der Waals surface area contributed by atoms with Crippen LogP contribution in [-0.4, -0.2) is 34.0 Å². The molecule has 1 aromatic rings. The number of nitrogens with one attached hydrogen (secondary N) is 1. The maximum atomic E-state index is 5.76. The number of halogens is 1. The zero-order valence-corrected chi connectivity index (χ0v) is 14.7. The molecule has 0 spiro atoms. The third-order valence-electron chi connectivity index (χ3n) is 4.50. The van der Waals surface area contributed by atoms with E-state index in [1.54, 1.807) is 14.2 Å². The molecule has 1 N–H and O–H groups in total. The van der Waals surface area contributed by atoms with E-state index < -0.39 is 0 Å². The number of ether oxygens (including phenoxy) is 3. The highest BCUT2D eigenvalue weighted by Crippen LogP contribution is 2.44. The van der Waals surface area contributed by atoms with Crippen molar-refractivity contribution in [2.24, 2.45) is 0 Å². The minimum absolute atomic E-state index is 0.0142. The molecule has 1 aliphatic rings. The Labute approximate surface area is 135 Å². The van der Waals surface area contributed by atoms with E-state index in [1.165, 1.54) is 12.0 Å². The molecular weight excluding hydrogens is 334 g/mol. The lowest BCUT2D eigenvalue weighted by atomic mass is 9.74. The summed E-state index contributed by atoms with van der Waals surface area (Å²) in [5, 5.41) is 3.40. The fourth-order valence-corrected chi connectivity index (χ4v) is 3.54. The van der Waals surface area contributed by atoms with Gasteiger partial charge >= 0.3 is 0 Å². The molecule has 0 aromatic heterocycles. The van der Waals surface area contributed by atoms with Crippen LogP contribution in [0.15, 0.2) is 16.6 Å². The van der Waals surface area contributed by atoms with Crippen LogP contribution in [0.4, 0.5) is 0 Å². The van der Waals surface area contributed by atoms with Crippen LogP contribution in [0, 0.1) is 0 Å². The average Bonchev–Trinajstić information content (AvgIpc) is 2.47. The van der Waals surface area contributed by atoms with E-state index in [2.05, 4.69) is 21.2 Å². The molecule has 1 atom stereocenters. The minimum atomic E-state index is 0.0142. The summed E-state index contributed by atoms with van der Waals surface area (Å²) >= 11 is 3.65. The second-order valence-corrected chi connectivity index (χ2v) is 6.37. The molecule has 1 aromatic carbocycles. The molecule has 0 saturated heterocycles. The van der Waals surface area contributed by atoms with Crippen LogP contribution >= 0.6 is 15.9 Å². The molecule has 2 rings (SSSR count). The third-order valence-corrected chi connectivity index (χ3v) is 5.19. The Morgan fingerprint density at radius 3 is 2.24 bits per heavy atom. The monoisotopic (exact) mass is 357 g/mol. The molecule has 4 nitrogen and oxygen atoms in total. The van der Waals surface area contributed by atoms with Crippen molar-refractivity contribution < 1.29 is 14.2 Å². The summed E-state index contributed by atoms with van der Waals surface area (Å²) in [5.41, 5.74) is 1.18. The third kappa shape index (κ3) is 3.35. The first kappa shape index (κ1) is 16.6. The molecule has 0 amide bonds. The predicted octanol–water partition coefficient (Wildman–Crippen LogP) is 3.69. The van der Waals surface area contributed by atoms with Gasteiger partial charge in [-0.15, -0.1) is 0 Å². The SMILES string of the molecule is CNC(CC1(OC)CCC1)c1cc(OC)c(OC)cc1Br. The van der Waals surface area contributed by atoms with Crippen LogP contribution in [0.3, 0.4) is 0 Å². The Hall–Kier alpha value is -0.780. The lowest BCUT2D eigenvalue weighted by Gasteiger charge is -2.43. The Kier molecular flexibility index (Phi) is 5.52. The Balaban J connectivity index is 2.29. The molecule has 1 unspecified atom stereocenters. The molecule has 21 heavy (non-hydrogen) atoms. The summed E-state index contributed by atoms with van der Waals surface area (Å²) in [4.78, 5) is 0. The van der Waals surface area contributed by atoms with E-state index in [4.69, 9.17) is 14.2 Å². The smallest absolute Gasteiger partial charge is 0.161 e. The highest BCUT2D eigenvalue weighted by molar-refractivity contribution is 9.10. The molecule has 1 saturated carbocycles. The van der Waals surface area contributed by atoms with Gasteiger partial charge in [0.1, 0.15) is 0 Å². The van der Waals surface area contributed by atoms with Crippen molar-refractivity contribution in [2.75, 3.05) is 28.4 Å². The largest absolute Gasteiger partial charge is 0.493 e. The van der Waals surface area contributed by atoms with E-state index in [0.29, 0.717) is 0 Å². The maximum Gasteiger partial charge on any atom is 0.161 e. The minimum Gasteiger partial charge on any atom is -0.493 e. The van der Waals surface area contributed by atoms with Crippen molar-refractivity contribution in [3.63, 3.8) is 0 Å². The van der Waals surface area contributed by atoms with E-state index in [-0.39, 0.29) is 11.6 Å². The topological polar surface area (TPSA) is 39.7 Å². The van der Waals surface area contributed by atoms with E-state index in [0.717, 1.165) is 35.2 Å². The van der Waals surface area contributed by atoms with Gasteiger partial charge in [0, 0.05) is 17.6 Å². The van der Waals surface area contributed by atoms with Gasteiger partial charge in [-0.3, -0.25) is 0 Å². The fourth-order valence-electron chi connectivity index (χ4n) is 2.94. The van der Waals surface area contributed by atoms with Crippen molar-refractivity contribution in [1.82, 2.24) is 5.32 Å². The van der Waals surface area contributed by atoms with Gasteiger partial charge in [0.2, 0.25) is 0 Å². The van der Waals surface area contributed by atoms with Gasteiger partial charge < -0.3 is 19.5 Å². The van der Waals surface area contributed by atoms with Crippen LogP contribution in [0.1, 0.15) is 37.3 Å². The first-order chi connectivity index (χ1) is 10.1. The highest BCUT2D eigenvalue weighted by atomic mass is 79.9. The van der Waals surface area contributed by atoms with Gasteiger partial charge in [-0.1, -0.05) is 15.9 Å². The van der Waals surface area contributed by atoms with Gasteiger partial charge in [0.15, 0.2) is 11.5 Å². The molecule has 0 aliphatic heterocycles. The highest BCUT2D eigenvalue weighted by Gasteiger charge is 2.39. The van der Waals surface area contributed by atoms with E-state index in [9.17, 15) is 0 Å². The van der Waals surface area contributed by atoms with Gasteiger partial charge in [0.05, 0.1) is 19.8 Å². The summed E-state index contributed by atoms with van der Waals surface area (Å²) in [5.74, 6) is 1.48. The summed E-state index contributed by atoms with van der Waals surface area (Å²) in [6, 6.07) is 4.20. The fraction of sp³-hybridized carbons (Fsp3) is 0.625. The molecular formula is C16H24BrNO3. The molecule has 1 aliphatic carbocycles. The summed E-state index contributed by atoms with van der Waals surface area (Å²) < 4.78 is 17.5. The standard InChI is InChI=1S/C16H24BrNO3/c1-18-13(10-16(21-4)6-5-7-16)11-8-14(19-2)15(20-3)9-12(11)17/h8-9,13,18H,5-7,10H2,1-4H3. The number of hydrogen-bond donors (Lipinski definition) is 1. The van der Waals surface area contributed by atoms with Gasteiger partial charge in [-0.05, 0) is 50.4 Å². The van der Waals surface area contributed by atoms with Crippen LogP contribution in [0.2, 0.25) is 0 Å². The first-order valence-corrected chi connectivity index (χ1v) is 8.02. The lowest BCUT2D eigenvalue weighted by molar-refractivity contribution is -0.0835. The van der Waals surface area contributed by atoms with Crippen LogP contribution in [0.25, 0.3) is 0 Å². The lowest BCUT2D eigenvalue weighted by Crippen LogP contribution is -2.42. The second-order valence-electron chi connectivity index (χ2n) is 5.51. The van der Waals surface area contributed by atoms with E-state index in [1.807, 2.05) is 26.3 Å². The second kappa shape index (κ2) is 6.99. The molecule has 118 valence electrons. The first-order valence-electron chi connectivity index (χ1n) is 7.23. The molecule has 5 heteroatoms. The zero-order chi connectivity index (χ0) is 15.5. The van der Waals surface area contributed by atoms with Crippen LogP contribution < -0.4 is 14.8 Å². The zero-order valence-electron chi connectivity index (χ0n) is 13.2. The van der Waals surface area contributed by atoms with Gasteiger partial charge in [-0.25, -0.2) is 0 Å². The summed E-state index contributed by atoms with van der Waals surface area (Å²) in [6.45, 7) is 0. The van der Waals surface area contributed by atoms with E-state index >= 15 is 0 Å². The maximum absolute atomic E-state index is 5.76. The molecule has 0 bridgehead atoms. The van der Waals surface area contributed by atoms with Gasteiger partial charge in [0.25, 0.3) is 0 Å². The summed E-state index contributed by atoms with van der Waals surface area (Å²) in [7, 11) is 7.10. The number of rotatable bonds is 7. The number of hydrogen-bond acceptors (Lipinski definition) is 4. The molecule has 0 radical (unpaired) electrons. The van der Waals surface area contributed by atoms with Crippen molar-refractivity contribution in [3.05, 3.63) is 22.2 Å². The van der Waals surface area contributed by atoms with Crippen LogP contribution in [-0.2, 0) is 4.74 Å². The quantitative estimate of drug-likeness (QED) is 0.807. The number of methoxy groups -OCH3 is 3. The average molecular weight is 358 g/mol. The van der Waals surface area contributed by atoms with Crippen molar-refractivity contribution in [3.8, 4) is 11.5 Å². The van der Waals surface area contributed by atoms with Crippen LogP contribution in [0.5, 0.6) is 11.5 Å². The van der Waals surface area contributed by atoms with Crippen molar-refractivity contribution in [1.29, 1.82) is 0 Å². The van der Waals surface area contributed by atoms with Gasteiger partial charge in [-0.2, -0.15) is 0 Å². The predicted molar refractivity (Wildman–Crippen MR) is 87.3 cm³/mol. The summed E-state index contributed by atoms with van der Waals surface area (Å²) in [6.07, 6.45) is 4.46. The van der Waals surface area contributed by atoms with Crippen molar-refractivity contribution in [2.45, 2.75) is 37.3 Å². The molecule has 1 fully saturated rings. The normalized spacial score (nSPS) is 18.0. The van der Waals surface area contributed by atoms with Crippen molar-refractivity contribution >= 4 is 15.9 Å². The Morgan fingerprint density at radius 1 is 1.19 bits per heavy atom. The molecule has 0 heterocycles. The Bertz CT molecular complexity index is 483. The Morgan fingerprint density at radius 2 is 1.81 bits per heavy atom.